The molecule has 0 aromatic carbocycles. The number of aromatic nitrogens is 2. The summed E-state index contributed by atoms with van der Waals surface area (Å²) in [6.45, 7) is 7.03. The van der Waals surface area contributed by atoms with Crippen molar-refractivity contribution in [2.45, 2.75) is 13.5 Å². The van der Waals surface area contributed by atoms with E-state index in [-0.39, 0.29) is 0 Å². The molecule has 84 valence electrons. The Morgan fingerprint density at radius 2 is 2.20 bits per heavy atom. The van der Waals surface area contributed by atoms with Gasteiger partial charge in [0, 0.05) is 13.1 Å². The second kappa shape index (κ2) is 5.39. The van der Waals surface area contributed by atoms with E-state index in [1.807, 2.05) is 6.92 Å². The van der Waals surface area contributed by atoms with Gasteiger partial charge in [-0.25, -0.2) is 0 Å². The molecular formula is C9H15N3O2S. The topological polar surface area (TPSA) is 47.5 Å². The van der Waals surface area contributed by atoms with E-state index in [2.05, 4.69) is 15.1 Å². The van der Waals surface area contributed by atoms with Crippen molar-refractivity contribution in [2.75, 3.05) is 32.9 Å². The molecule has 0 atom stereocenters. The fourth-order valence-corrected chi connectivity index (χ4v) is 2.22. The van der Waals surface area contributed by atoms with Crippen molar-refractivity contribution in [3.8, 4) is 5.19 Å². The Bertz CT molecular complexity index is 299. The maximum absolute atomic E-state index is 5.28. The summed E-state index contributed by atoms with van der Waals surface area (Å²) in [6.07, 6.45) is 0. The maximum atomic E-state index is 5.28. The highest BCUT2D eigenvalue weighted by molar-refractivity contribution is 7.13. The van der Waals surface area contributed by atoms with Crippen LogP contribution in [-0.2, 0) is 11.3 Å². The minimum atomic E-state index is 0.645. The average molecular weight is 229 g/mol. The van der Waals surface area contributed by atoms with E-state index >= 15 is 0 Å². The van der Waals surface area contributed by atoms with Crippen molar-refractivity contribution in [1.82, 2.24) is 15.1 Å². The van der Waals surface area contributed by atoms with E-state index in [4.69, 9.17) is 9.47 Å². The first-order valence-electron chi connectivity index (χ1n) is 5.13. The largest absolute Gasteiger partial charge is 0.469 e. The fourth-order valence-electron chi connectivity index (χ4n) is 1.43. The highest BCUT2D eigenvalue weighted by Crippen LogP contribution is 2.19. The summed E-state index contributed by atoms with van der Waals surface area (Å²) in [7, 11) is 0. The molecule has 0 N–H and O–H groups in total. The standard InChI is InChI=1S/C9H15N3O2S/c1-2-14-9-11-10-8(15-9)7-12-3-5-13-6-4-12/h2-7H2,1H3. The van der Waals surface area contributed by atoms with Gasteiger partial charge in [0.15, 0.2) is 0 Å². The molecule has 1 aromatic heterocycles. The molecule has 0 spiro atoms. The number of hydrogen-bond donors (Lipinski definition) is 0. The Hall–Kier alpha value is -0.720. The molecule has 1 aliphatic heterocycles. The Labute approximate surface area is 93.0 Å². The van der Waals surface area contributed by atoms with Gasteiger partial charge in [0.05, 0.1) is 26.4 Å². The summed E-state index contributed by atoms with van der Waals surface area (Å²) < 4.78 is 10.6. The van der Waals surface area contributed by atoms with Crippen molar-refractivity contribution in [3.05, 3.63) is 5.01 Å². The van der Waals surface area contributed by atoms with E-state index in [1.165, 1.54) is 11.3 Å². The van der Waals surface area contributed by atoms with Gasteiger partial charge in [0.1, 0.15) is 5.01 Å². The molecule has 0 aliphatic carbocycles. The summed E-state index contributed by atoms with van der Waals surface area (Å²) in [4.78, 5) is 2.32. The first-order chi connectivity index (χ1) is 7.38. The van der Waals surface area contributed by atoms with Crippen LogP contribution >= 0.6 is 11.3 Å². The lowest BCUT2D eigenvalue weighted by Gasteiger charge is -2.25. The predicted molar refractivity (Wildman–Crippen MR) is 57.2 cm³/mol. The van der Waals surface area contributed by atoms with Crippen molar-refractivity contribution < 1.29 is 9.47 Å². The summed E-state index contributed by atoms with van der Waals surface area (Å²) in [5.41, 5.74) is 0. The van der Waals surface area contributed by atoms with E-state index < -0.39 is 0 Å². The number of nitrogens with zero attached hydrogens (tertiary/aromatic N) is 3. The number of ether oxygens (including phenoxy) is 2. The first kappa shape index (κ1) is 10.8. The van der Waals surface area contributed by atoms with Gasteiger partial charge in [0.2, 0.25) is 0 Å². The zero-order valence-corrected chi connectivity index (χ0v) is 9.63. The molecule has 5 nitrogen and oxygen atoms in total. The molecule has 0 unspecified atom stereocenters. The molecule has 2 heterocycles. The van der Waals surface area contributed by atoms with Crippen LogP contribution in [0.5, 0.6) is 5.19 Å². The highest BCUT2D eigenvalue weighted by Gasteiger charge is 2.13. The number of rotatable bonds is 4. The van der Waals surface area contributed by atoms with Gasteiger partial charge in [0.25, 0.3) is 5.19 Å². The third kappa shape index (κ3) is 3.12. The van der Waals surface area contributed by atoms with Crippen molar-refractivity contribution in [1.29, 1.82) is 0 Å². The van der Waals surface area contributed by atoms with Gasteiger partial charge in [-0.05, 0) is 6.92 Å². The Morgan fingerprint density at radius 1 is 1.40 bits per heavy atom. The van der Waals surface area contributed by atoms with Crippen LogP contribution in [0.25, 0.3) is 0 Å². The van der Waals surface area contributed by atoms with E-state index in [0.29, 0.717) is 11.8 Å². The minimum Gasteiger partial charge on any atom is -0.469 e. The van der Waals surface area contributed by atoms with Gasteiger partial charge < -0.3 is 9.47 Å². The molecule has 0 bridgehead atoms. The normalized spacial score (nSPS) is 17.9. The van der Waals surface area contributed by atoms with Gasteiger partial charge in [-0.3, -0.25) is 4.90 Å². The molecule has 2 rings (SSSR count). The SMILES string of the molecule is CCOc1nnc(CN2CCOCC2)s1. The lowest BCUT2D eigenvalue weighted by atomic mass is 10.4. The van der Waals surface area contributed by atoms with E-state index in [1.54, 1.807) is 0 Å². The molecule has 1 fully saturated rings. The molecule has 6 heteroatoms. The zero-order chi connectivity index (χ0) is 10.5. The molecule has 15 heavy (non-hydrogen) atoms. The van der Waals surface area contributed by atoms with E-state index in [0.717, 1.165) is 37.9 Å². The van der Waals surface area contributed by atoms with Crippen LogP contribution in [0.4, 0.5) is 0 Å². The average Bonchev–Trinajstić information content (AvgIpc) is 2.68. The third-order valence-corrected chi connectivity index (χ3v) is 3.00. The van der Waals surface area contributed by atoms with Crippen LogP contribution in [0.2, 0.25) is 0 Å². The molecule has 0 saturated carbocycles. The summed E-state index contributed by atoms with van der Waals surface area (Å²) in [5, 5.41) is 9.73. The second-order valence-electron chi connectivity index (χ2n) is 3.28. The lowest BCUT2D eigenvalue weighted by Crippen LogP contribution is -2.35. The Morgan fingerprint density at radius 3 is 2.93 bits per heavy atom. The van der Waals surface area contributed by atoms with Crippen LogP contribution < -0.4 is 4.74 Å². The maximum Gasteiger partial charge on any atom is 0.294 e. The monoisotopic (exact) mass is 229 g/mol. The lowest BCUT2D eigenvalue weighted by molar-refractivity contribution is 0.0341. The van der Waals surface area contributed by atoms with Crippen molar-refractivity contribution in [2.24, 2.45) is 0 Å². The third-order valence-electron chi connectivity index (χ3n) is 2.18. The van der Waals surface area contributed by atoms with Crippen LogP contribution in [0.3, 0.4) is 0 Å². The zero-order valence-electron chi connectivity index (χ0n) is 8.81. The van der Waals surface area contributed by atoms with E-state index in [9.17, 15) is 0 Å². The Balaban J connectivity index is 1.86. The van der Waals surface area contributed by atoms with Crippen LogP contribution in [-0.4, -0.2) is 48.0 Å². The predicted octanol–water partition coefficient (Wildman–Crippen LogP) is 0.769. The van der Waals surface area contributed by atoms with Gasteiger partial charge in [-0.2, -0.15) is 0 Å². The Kier molecular flexibility index (Phi) is 3.87. The van der Waals surface area contributed by atoms with Crippen LogP contribution in [0.15, 0.2) is 0 Å². The first-order valence-corrected chi connectivity index (χ1v) is 5.95. The van der Waals surface area contributed by atoms with Gasteiger partial charge in [-0.15, -0.1) is 10.2 Å². The van der Waals surface area contributed by atoms with Gasteiger partial charge in [-0.1, -0.05) is 11.3 Å². The van der Waals surface area contributed by atoms with Crippen LogP contribution in [0, 0.1) is 0 Å². The number of morpholine rings is 1. The smallest absolute Gasteiger partial charge is 0.294 e. The molecule has 0 amide bonds. The molecule has 1 aromatic rings. The molecule has 0 radical (unpaired) electrons. The molecule has 1 aliphatic rings. The molecule has 1 saturated heterocycles. The fraction of sp³-hybridized carbons (Fsp3) is 0.778. The van der Waals surface area contributed by atoms with Gasteiger partial charge >= 0.3 is 0 Å². The van der Waals surface area contributed by atoms with Crippen molar-refractivity contribution in [3.63, 3.8) is 0 Å². The second-order valence-corrected chi connectivity index (χ2v) is 4.31. The summed E-state index contributed by atoms with van der Waals surface area (Å²) in [5.74, 6) is 0. The minimum absolute atomic E-state index is 0.645. The quantitative estimate of drug-likeness (QED) is 0.763. The summed E-state index contributed by atoms with van der Waals surface area (Å²) in [6, 6.07) is 0. The number of hydrogen-bond acceptors (Lipinski definition) is 6. The highest BCUT2D eigenvalue weighted by atomic mass is 32.1. The summed E-state index contributed by atoms with van der Waals surface area (Å²) >= 11 is 1.52. The van der Waals surface area contributed by atoms with Crippen LogP contribution in [0.1, 0.15) is 11.9 Å². The van der Waals surface area contributed by atoms with Crippen molar-refractivity contribution >= 4 is 11.3 Å². The molecular weight excluding hydrogens is 214 g/mol.